The van der Waals surface area contributed by atoms with Gasteiger partial charge >= 0.3 is 5.97 Å². The number of carbonyl (C=O) groups excluding carboxylic acids is 1. The molecule has 1 spiro atoms. The minimum Gasteiger partial charge on any atom is -0.451 e. The zero-order valence-electron chi connectivity index (χ0n) is 21.1. The number of esters is 1. The summed E-state index contributed by atoms with van der Waals surface area (Å²) in [6, 6.07) is 3.15. The first-order chi connectivity index (χ1) is 16.4. The van der Waals surface area contributed by atoms with Gasteiger partial charge in [0.05, 0.1) is 5.41 Å². The summed E-state index contributed by atoms with van der Waals surface area (Å²) in [5, 5.41) is 74.0. The Bertz CT molecular complexity index is 1230. The van der Waals surface area contributed by atoms with Gasteiger partial charge in [-0.3, -0.25) is 0 Å². The number of aromatic nitrogens is 1. The maximum atomic E-state index is 13.4. The van der Waals surface area contributed by atoms with Crippen LogP contribution in [0.1, 0.15) is 57.4 Å². The van der Waals surface area contributed by atoms with E-state index in [1.54, 1.807) is 33.2 Å². The van der Waals surface area contributed by atoms with E-state index in [0.717, 1.165) is 0 Å². The van der Waals surface area contributed by atoms with E-state index in [-0.39, 0.29) is 30.5 Å². The fraction of sp³-hybridized carbons (Fsp3) is 0.731. The Labute approximate surface area is 208 Å². The van der Waals surface area contributed by atoms with E-state index in [1.165, 1.54) is 24.5 Å². The van der Waals surface area contributed by atoms with Crippen LogP contribution < -0.4 is 0 Å². The van der Waals surface area contributed by atoms with Crippen LogP contribution in [0, 0.1) is 16.7 Å². The molecule has 1 aromatic rings. The minimum atomic E-state index is -2.65. The van der Waals surface area contributed by atoms with Gasteiger partial charge in [-0.25, -0.2) is 4.79 Å². The molecule has 36 heavy (non-hydrogen) atoms. The summed E-state index contributed by atoms with van der Waals surface area (Å²) < 4.78 is 13.6. The fourth-order valence-corrected chi connectivity index (χ4v) is 9.51. The smallest absolute Gasteiger partial charge is 0.355 e. The summed E-state index contributed by atoms with van der Waals surface area (Å²) in [7, 11) is 1.64. The van der Waals surface area contributed by atoms with Gasteiger partial charge in [0.2, 0.25) is 0 Å². The highest BCUT2D eigenvalue weighted by atomic mass is 16.7. The van der Waals surface area contributed by atoms with Crippen molar-refractivity contribution >= 4 is 5.97 Å². The first-order valence-electron chi connectivity index (χ1n) is 12.4. The van der Waals surface area contributed by atoms with E-state index >= 15 is 0 Å². The van der Waals surface area contributed by atoms with Crippen LogP contribution in [0.3, 0.4) is 0 Å². The fourth-order valence-electron chi connectivity index (χ4n) is 9.51. The predicted molar refractivity (Wildman–Crippen MR) is 123 cm³/mol. The number of nitrogens with zero attached hydrogens (tertiary/aromatic N) is 1. The molecule has 6 aliphatic rings. The molecule has 3 heterocycles. The summed E-state index contributed by atoms with van der Waals surface area (Å²) in [5.74, 6) is -3.93. The average molecular weight is 506 g/mol. The molecule has 0 amide bonds. The number of aliphatic hydroxyl groups excluding tert-OH is 1. The molecule has 4 aliphatic carbocycles. The molecule has 10 unspecified atom stereocenters. The average Bonchev–Trinajstić information content (AvgIpc) is 3.33. The second kappa shape index (κ2) is 6.09. The van der Waals surface area contributed by atoms with Gasteiger partial charge in [0.15, 0.2) is 17.5 Å². The van der Waals surface area contributed by atoms with Crippen LogP contribution in [-0.4, -0.2) is 87.2 Å². The second-order valence-corrected chi connectivity index (χ2v) is 12.4. The van der Waals surface area contributed by atoms with Crippen molar-refractivity contribution in [2.45, 2.75) is 93.0 Å². The number of hydrogen-bond donors (Lipinski definition) is 6. The van der Waals surface area contributed by atoms with Crippen molar-refractivity contribution in [3.05, 3.63) is 36.2 Å². The third-order valence-corrected chi connectivity index (χ3v) is 11.3. The summed E-state index contributed by atoms with van der Waals surface area (Å²) >= 11 is 0. The molecule has 6 bridgehead atoms. The van der Waals surface area contributed by atoms with E-state index in [2.05, 4.69) is 6.58 Å². The molecule has 10 heteroatoms. The van der Waals surface area contributed by atoms with Crippen molar-refractivity contribution in [2.24, 2.45) is 23.8 Å². The van der Waals surface area contributed by atoms with Crippen molar-refractivity contribution in [1.82, 2.24) is 4.57 Å². The summed E-state index contributed by atoms with van der Waals surface area (Å²) in [6.45, 7) is 10.0. The van der Waals surface area contributed by atoms with Crippen LogP contribution in [-0.2, 0) is 16.5 Å². The SMILES string of the molecule is C=C1CCC2(O)C3(C)CC4(O)OC2(C1O)C1(O)C3(O)C(OC(=O)c2cccn2C)C(O)(C(C)C)C41C. The summed E-state index contributed by atoms with van der Waals surface area (Å²) in [6.07, 6.45) is -2.06. The van der Waals surface area contributed by atoms with Crippen molar-refractivity contribution in [3.63, 3.8) is 0 Å². The van der Waals surface area contributed by atoms with Crippen molar-refractivity contribution in [2.75, 3.05) is 0 Å². The third-order valence-electron chi connectivity index (χ3n) is 11.3. The van der Waals surface area contributed by atoms with E-state index in [9.17, 15) is 35.4 Å². The number of aliphatic hydroxyl groups is 6. The molecule has 6 N–H and O–H groups in total. The number of carbonyl (C=O) groups is 1. The van der Waals surface area contributed by atoms with Gasteiger partial charge < -0.3 is 44.7 Å². The molecular weight excluding hydrogens is 470 g/mol. The van der Waals surface area contributed by atoms with Gasteiger partial charge in [0.25, 0.3) is 0 Å². The van der Waals surface area contributed by atoms with Crippen LogP contribution in [0.15, 0.2) is 30.5 Å². The highest BCUT2D eigenvalue weighted by Crippen LogP contribution is 2.90. The van der Waals surface area contributed by atoms with Crippen molar-refractivity contribution in [3.8, 4) is 0 Å². The highest BCUT2D eigenvalue weighted by Gasteiger charge is 3.10. The number of rotatable bonds is 3. The van der Waals surface area contributed by atoms with Gasteiger partial charge in [0.1, 0.15) is 34.2 Å². The van der Waals surface area contributed by atoms with Gasteiger partial charge in [0, 0.05) is 25.1 Å². The molecule has 0 radical (unpaired) electrons. The molecule has 2 saturated heterocycles. The number of ether oxygens (including phenoxy) is 2. The lowest BCUT2D eigenvalue weighted by Crippen LogP contribution is -2.74. The van der Waals surface area contributed by atoms with Gasteiger partial charge in [-0.2, -0.15) is 0 Å². The van der Waals surface area contributed by atoms with Crippen LogP contribution in [0.4, 0.5) is 0 Å². The lowest BCUT2D eigenvalue weighted by Gasteiger charge is -2.60. The lowest BCUT2D eigenvalue weighted by molar-refractivity contribution is -0.383. The third kappa shape index (κ3) is 1.74. The molecular formula is C26H35NO9. The molecule has 2 aliphatic heterocycles. The normalized spacial score (nSPS) is 56.5. The zero-order valence-corrected chi connectivity index (χ0v) is 21.1. The first-order valence-corrected chi connectivity index (χ1v) is 12.4. The Hall–Kier alpha value is -1.79. The lowest BCUT2D eigenvalue weighted by atomic mass is 9.52. The van der Waals surface area contributed by atoms with Gasteiger partial charge in [-0.05, 0) is 43.4 Å². The van der Waals surface area contributed by atoms with E-state index in [1.807, 2.05) is 0 Å². The molecule has 4 saturated carbocycles. The maximum absolute atomic E-state index is 13.4. The Morgan fingerprint density at radius 2 is 1.86 bits per heavy atom. The molecule has 198 valence electrons. The van der Waals surface area contributed by atoms with E-state index < -0.39 is 68.7 Å². The van der Waals surface area contributed by atoms with Gasteiger partial charge in [-0.1, -0.05) is 27.4 Å². The standard InChI is InChI=1S/C26H35NO9/c1-13(2)23(32)18(35-17(29)15-8-7-11-27(15)6)24(33)19(4)12-22(31)20(23,5)26(24,34)25(36-22)16(28)14(3)9-10-21(19,25)30/h7-8,11,13,16,18,28,30-34H,3,9-10,12H2,1-2,4-6H3. The van der Waals surface area contributed by atoms with Crippen molar-refractivity contribution in [1.29, 1.82) is 0 Å². The van der Waals surface area contributed by atoms with Crippen LogP contribution in [0.5, 0.6) is 0 Å². The largest absolute Gasteiger partial charge is 0.451 e. The Morgan fingerprint density at radius 3 is 2.42 bits per heavy atom. The molecule has 1 aromatic heterocycles. The molecule has 6 fully saturated rings. The van der Waals surface area contributed by atoms with Crippen LogP contribution in [0.2, 0.25) is 0 Å². The Kier molecular flexibility index (Phi) is 4.15. The van der Waals surface area contributed by atoms with Crippen molar-refractivity contribution < 1.29 is 44.9 Å². The van der Waals surface area contributed by atoms with E-state index in [4.69, 9.17) is 9.47 Å². The molecule has 10 nitrogen and oxygen atoms in total. The summed E-state index contributed by atoms with van der Waals surface area (Å²) in [4.78, 5) is 13.4. The second-order valence-electron chi connectivity index (χ2n) is 12.4. The Balaban J connectivity index is 1.69. The van der Waals surface area contributed by atoms with Crippen LogP contribution in [0.25, 0.3) is 0 Å². The monoisotopic (exact) mass is 505 g/mol. The molecule has 7 rings (SSSR count). The summed E-state index contributed by atoms with van der Waals surface area (Å²) in [5.41, 5.74) is -15.3. The van der Waals surface area contributed by atoms with Gasteiger partial charge in [-0.15, -0.1) is 0 Å². The maximum Gasteiger partial charge on any atom is 0.355 e. The highest BCUT2D eigenvalue weighted by molar-refractivity contribution is 5.88. The zero-order chi connectivity index (χ0) is 26.7. The number of aryl methyl sites for hydroxylation is 1. The minimum absolute atomic E-state index is 0.0330. The van der Waals surface area contributed by atoms with Crippen LogP contribution >= 0.6 is 0 Å². The van der Waals surface area contributed by atoms with E-state index in [0.29, 0.717) is 0 Å². The first kappa shape index (κ1) is 24.5. The predicted octanol–water partition coefficient (Wildman–Crippen LogP) is -0.257. The number of hydrogen-bond acceptors (Lipinski definition) is 9. The Morgan fingerprint density at radius 1 is 1.22 bits per heavy atom. The molecule has 10 atom stereocenters. The molecule has 0 aromatic carbocycles. The quantitative estimate of drug-likeness (QED) is 0.240. The topological polar surface area (TPSA) is 162 Å².